The number of aryl methyl sites for hydroxylation is 1. The number of nitrogens with zero attached hydrogens (tertiary/aromatic N) is 2. The van der Waals surface area contributed by atoms with Gasteiger partial charge in [-0.2, -0.15) is 0 Å². The fourth-order valence-corrected chi connectivity index (χ4v) is 1.95. The van der Waals surface area contributed by atoms with E-state index in [-0.39, 0.29) is 6.04 Å². The first-order chi connectivity index (χ1) is 8.31. The zero-order valence-electron chi connectivity index (χ0n) is 10.0. The molecule has 0 bridgehead atoms. The van der Waals surface area contributed by atoms with Crippen LogP contribution in [0, 0.1) is 0 Å². The van der Waals surface area contributed by atoms with Gasteiger partial charge in [0.2, 0.25) is 0 Å². The number of rotatable bonds is 4. The highest BCUT2D eigenvalue weighted by molar-refractivity contribution is 5.24. The molecular formula is C14H17N3. The van der Waals surface area contributed by atoms with E-state index in [4.69, 9.17) is 5.73 Å². The van der Waals surface area contributed by atoms with Gasteiger partial charge in [0.25, 0.3) is 0 Å². The van der Waals surface area contributed by atoms with Crippen molar-refractivity contribution in [3.63, 3.8) is 0 Å². The molecule has 3 heteroatoms. The van der Waals surface area contributed by atoms with E-state index in [1.807, 2.05) is 18.2 Å². The third-order valence-corrected chi connectivity index (χ3v) is 2.86. The topological polar surface area (TPSA) is 51.8 Å². The molecule has 0 saturated heterocycles. The second-order valence-electron chi connectivity index (χ2n) is 4.07. The minimum atomic E-state index is -0.0476. The predicted molar refractivity (Wildman–Crippen MR) is 68.5 cm³/mol. The van der Waals surface area contributed by atoms with E-state index >= 15 is 0 Å². The molecule has 2 N–H and O–H groups in total. The molecule has 0 aliphatic rings. The molecule has 0 aliphatic heterocycles. The van der Waals surface area contributed by atoms with Gasteiger partial charge in [0.15, 0.2) is 0 Å². The molecule has 17 heavy (non-hydrogen) atoms. The Hall–Kier alpha value is -1.74. The molecule has 0 radical (unpaired) electrons. The predicted octanol–water partition coefficient (Wildman–Crippen LogP) is 2.28. The van der Waals surface area contributed by atoms with Crippen LogP contribution in [0.5, 0.6) is 0 Å². The molecule has 2 aromatic heterocycles. The van der Waals surface area contributed by atoms with Gasteiger partial charge >= 0.3 is 0 Å². The quantitative estimate of drug-likeness (QED) is 0.871. The highest BCUT2D eigenvalue weighted by Crippen LogP contribution is 2.17. The molecule has 1 unspecified atom stereocenters. The fraction of sp³-hybridized carbons (Fsp3) is 0.286. The molecule has 2 rings (SSSR count). The van der Waals surface area contributed by atoms with Crippen LogP contribution in [-0.2, 0) is 12.8 Å². The summed E-state index contributed by atoms with van der Waals surface area (Å²) in [6, 6.07) is 7.99. The van der Waals surface area contributed by atoms with Gasteiger partial charge in [-0.05, 0) is 42.2 Å². The van der Waals surface area contributed by atoms with Crippen LogP contribution in [0.3, 0.4) is 0 Å². The largest absolute Gasteiger partial charge is 0.322 e. The van der Waals surface area contributed by atoms with Crippen molar-refractivity contribution in [1.29, 1.82) is 0 Å². The zero-order valence-corrected chi connectivity index (χ0v) is 10.0. The Morgan fingerprint density at radius 1 is 1.18 bits per heavy atom. The van der Waals surface area contributed by atoms with Crippen molar-refractivity contribution in [2.24, 2.45) is 5.73 Å². The van der Waals surface area contributed by atoms with E-state index in [2.05, 4.69) is 23.0 Å². The van der Waals surface area contributed by atoms with Gasteiger partial charge < -0.3 is 5.73 Å². The van der Waals surface area contributed by atoms with Crippen LogP contribution in [-0.4, -0.2) is 9.97 Å². The van der Waals surface area contributed by atoms with E-state index in [0.29, 0.717) is 0 Å². The molecule has 0 spiro atoms. The maximum absolute atomic E-state index is 6.22. The smallest absolute Gasteiger partial charge is 0.0606 e. The van der Waals surface area contributed by atoms with E-state index in [9.17, 15) is 0 Å². The fourth-order valence-electron chi connectivity index (χ4n) is 1.95. The monoisotopic (exact) mass is 227 g/mol. The average molecular weight is 227 g/mol. The number of pyridine rings is 2. The standard InChI is InChI=1S/C14H17N3/c1-2-12-4-3-7-17-14(12)13(15)10-11-5-8-16-9-6-11/h3-9,13H,2,10,15H2,1H3. The summed E-state index contributed by atoms with van der Waals surface area (Å²) >= 11 is 0. The van der Waals surface area contributed by atoms with Crippen molar-refractivity contribution < 1.29 is 0 Å². The van der Waals surface area contributed by atoms with E-state index in [1.54, 1.807) is 18.6 Å². The first kappa shape index (κ1) is 11.7. The van der Waals surface area contributed by atoms with Gasteiger partial charge in [-0.15, -0.1) is 0 Å². The molecule has 0 saturated carbocycles. The first-order valence-corrected chi connectivity index (χ1v) is 5.89. The highest BCUT2D eigenvalue weighted by Gasteiger charge is 2.11. The van der Waals surface area contributed by atoms with E-state index < -0.39 is 0 Å². The van der Waals surface area contributed by atoms with Gasteiger partial charge in [0.1, 0.15) is 0 Å². The van der Waals surface area contributed by atoms with Crippen LogP contribution < -0.4 is 5.73 Å². The van der Waals surface area contributed by atoms with Crippen molar-refractivity contribution in [1.82, 2.24) is 9.97 Å². The van der Waals surface area contributed by atoms with Crippen LogP contribution in [0.25, 0.3) is 0 Å². The van der Waals surface area contributed by atoms with Crippen LogP contribution in [0.1, 0.15) is 29.8 Å². The van der Waals surface area contributed by atoms with Gasteiger partial charge in [-0.25, -0.2) is 0 Å². The average Bonchev–Trinajstić information content (AvgIpc) is 2.40. The Labute approximate surface area is 102 Å². The van der Waals surface area contributed by atoms with Gasteiger partial charge in [0, 0.05) is 18.6 Å². The Balaban J connectivity index is 2.17. The molecule has 0 amide bonds. The Bertz CT molecular complexity index is 468. The number of hydrogen-bond acceptors (Lipinski definition) is 3. The summed E-state index contributed by atoms with van der Waals surface area (Å²) in [5, 5.41) is 0. The summed E-state index contributed by atoms with van der Waals surface area (Å²) in [6.45, 7) is 2.12. The summed E-state index contributed by atoms with van der Waals surface area (Å²) in [5.74, 6) is 0. The number of aromatic nitrogens is 2. The molecule has 1 atom stereocenters. The normalized spacial score (nSPS) is 12.4. The third kappa shape index (κ3) is 2.88. The van der Waals surface area contributed by atoms with Crippen molar-refractivity contribution in [3.8, 4) is 0 Å². The summed E-state index contributed by atoms with van der Waals surface area (Å²) < 4.78 is 0. The molecule has 0 aliphatic carbocycles. The lowest BCUT2D eigenvalue weighted by Gasteiger charge is -2.14. The molecule has 88 valence electrons. The lowest BCUT2D eigenvalue weighted by Crippen LogP contribution is -2.17. The molecule has 3 nitrogen and oxygen atoms in total. The highest BCUT2D eigenvalue weighted by atomic mass is 14.8. The maximum Gasteiger partial charge on any atom is 0.0606 e. The Kier molecular flexibility index (Phi) is 3.83. The van der Waals surface area contributed by atoms with E-state index in [1.165, 1.54) is 11.1 Å². The van der Waals surface area contributed by atoms with Gasteiger partial charge in [0.05, 0.1) is 11.7 Å². The SMILES string of the molecule is CCc1cccnc1C(N)Cc1ccncc1. The summed E-state index contributed by atoms with van der Waals surface area (Å²) in [7, 11) is 0. The molecular weight excluding hydrogens is 210 g/mol. The molecule has 2 heterocycles. The van der Waals surface area contributed by atoms with Gasteiger partial charge in [-0.1, -0.05) is 13.0 Å². The van der Waals surface area contributed by atoms with Crippen molar-refractivity contribution in [2.45, 2.75) is 25.8 Å². The third-order valence-electron chi connectivity index (χ3n) is 2.86. The minimum absolute atomic E-state index is 0.0476. The second-order valence-corrected chi connectivity index (χ2v) is 4.07. The zero-order chi connectivity index (χ0) is 12.1. The second kappa shape index (κ2) is 5.55. The van der Waals surface area contributed by atoms with E-state index in [0.717, 1.165) is 18.5 Å². The van der Waals surface area contributed by atoms with Crippen molar-refractivity contribution >= 4 is 0 Å². The molecule has 0 fully saturated rings. The van der Waals surface area contributed by atoms with Crippen molar-refractivity contribution in [2.75, 3.05) is 0 Å². The summed E-state index contributed by atoms with van der Waals surface area (Å²) in [5.41, 5.74) is 9.65. The van der Waals surface area contributed by atoms with Crippen LogP contribution in [0.15, 0.2) is 42.9 Å². The van der Waals surface area contributed by atoms with Crippen LogP contribution in [0.4, 0.5) is 0 Å². The molecule has 0 aromatic carbocycles. The maximum atomic E-state index is 6.22. The minimum Gasteiger partial charge on any atom is -0.322 e. The first-order valence-electron chi connectivity index (χ1n) is 5.89. The Morgan fingerprint density at radius 3 is 2.65 bits per heavy atom. The summed E-state index contributed by atoms with van der Waals surface area (Å²) in [6.07, 6.45) is 7.16. The lowest BCUT2D eigenvalue weighted by atomic mass is 10.00. The van der Waals surface area contributed by atoms with Gasteiger partial charge in [-0.3, -0.25) is 9.97 Å². The van der Waals surface area contributed by atoms with Crippen LogP contribution in [0.2, 0.25) is 0 Å². The molecule has 2 aromatic rings. The number of hydrogen-bond donors (Lipinski definition) is 1. The lowest BCUT2D eigenvalue weighted by molar-refractivity contribution is 0.684. The number of nitrogens with two attached hydrogens (primary N) is 1. The summed E-state index contributed by atoms with van der Waals surface area (Å²) in [4.78, 5) is 8.41. The van der Waals surface area contributed by atoms with Crippen LogP contribution >= 0.6 is 0 Å². The Morgan fingerprint density at radius 2 is 1.94 bits per heavy atom. The van der Waals surface area contributed by atoms with Crippen molar-refractivity contribution in [3.05, 3.63) is 59.7 Å².